The Morgan fingerprint density at radius 2 is 0.783 bits per heavy atom. The van der Waals surface area contributed by atoms with E-state index in [-0.39, 0.29) is 12.4 Å². The van der Waals surface area contributed by atoms with Crippen molar-refractivity contribution < 1.29 is 17.0 Å². The van der Waals surface area contributed by atoms with Crippen molar-refractivity contribution in [2.75, 3.05) is 0 Å². The molecule has 0 aliphatic carbocycles. The molecule has 0 amide bonds. The molecular weight excluding hydrogens is 580 g/mol. The minimum absolute atomic E-state index is 0. The van der Waals surface area contributed by atoms with Gasteiger partial charge in [0.1, 0.15) is 23.8 Å². The summed E-state index contributed by atoms with van der Waals surface area (Å²) < 4.78 is 5.07. The Morgan fingerprint density at radius 3 is 1.11 bits per heavy atom. The Labute approximate surface area is 291 Å². The average molecular weight is 649 g/mol. The molecular formula is C43H69ClN2. The van der Waals surface area contributed by atoms with Gasteiger partial charge in [0.25, 0.3) is 6.33 Å². The number of para-hydroxylation sites is 2. The van der Waals surface area contributed by atoms with Crippen molar-refractivity contribution in [3.63, 3.8) is 0 Å². The Morgan fingerprint density at radius 1 is 0.478 bits per heavy atom. The van der Waals surface area contributed by atoms with E-state index in [0.717, 1.165) is 0 Å². The van der Waals surface area contributed by atoms with E-state index in [1.165, 1.54) is 114 Å². The fourth-order valence-corrected chi connectivity index (χ4v) is 8.30. The van der Waals surface area contributed by atoms with Crippen molar-refractivity contribution in [2.45, 2.75) is 182 Å². The van der Waals surface area contributed by atoms with Gasteiger partial charge in [-0.1, -0.05) is 143 Å². The summed E-state index contributed by atoms with van der Waals surface area (Å²) in [5, 5.41) is 0. The van der Waals surface area contributed by atoms with Gasteiger partial charge >= 0.3 is 0 Å². The summed E-state index contributed by atoms with van der Waals surface area (Å²) >= 11 is 0. The number of nitrogens with zero attached hydrogens (tertiary/aromatic N) is 2. The number of aromatic nitrogens is 2. The highest BCUT2D eigenvalue weighted by atomic mass is 35.5. The standard InChI is InChI=1S/C43H69N2.ClH/c1-9-19-34(20-10-2)38-27-17-28-39(35(21-11-3)22-12-4)42(38)44-31-32-45(33-44)43-40(36(23-13-5)24-14-6)29-18-30-41(43)37(25-15-7)26-16-8;/h17-18,27-37H,9-16,19-26H2,1-8H3;1H/q+1;/p-1. The molecule has 0 aliphatic rings. The number of rotatable bonds is 22. The summed E-state index contributed by atoms with van der Waals surface area (Å²) in [4.78, 5) is 0. The molecule has 0 fully saturated rings. The minimum Gasteiger partial charge on any atom is -1.00 e. The van der Waals surface area contributed by atoms with Crippen LogP contribution in [0.2, 0.25) is 0 Å². The lowest BCUT2D eigenvalue weighted by atomic mass is 9.83. The third-order valence-corrected chi connectivity index (χ3v) is 10.2. The second kappa shape index (κ2) is 21.7. The molecule has 0 atom stereocenters. The van der Waals surface area contributed by atoms with E-state index < -0.39 is 0 Å². The van der Waals surface area contributed by atoms with Crippen LogP contribution in [0.5, 0.6) is 0 Å². The number of imidazole rings is 1. The number of hydrogen-bond acceptors (Lipinski definition) is 0. The first-order valence-electron chi connectivity index (χ1n) is 19.4. The van der Waals surface area contributed by atoms with Crippen molar-refractivity contribution in [1.29, 1.82) is 0 Å². The van der Waals surface area contributed by atoms with Crippen LogP contribution in [0, 0.1) is 0 Å². The maximum Gasteiger partial charge on any atom is 0.254 e. The molecule has 258 valence electrons. The average Bonchev–Trinajstić information content (AvgIpc) is 3.53. The van der Waals surface area contributed by atoms with E-state index in [9.17, 15) is 0 Å². The van der Waals surface area contributed by atoms with Crippen molar-refractivity contribution in [3.8, 4) is 11.4 Å². The summed E-state index contributed by atoms with van der Waals surface area (Å²) in [7, 11) is 0. The van der Waals surface area contributed by atoms with Crippen LogP contribution in [0.4, 0.5) is 0 Å². The van der Waals surface area contributed by atoms with E-state index in [1.54, 1.807) is 22.3 Å². The van der Waals surface area contributed by atoms with Crippen LogP contribution < -0.4 is 17.0 Å². The van der Waals surface area contributed by atoms with Crippen molar-refractivity contribution in [3.05, 3.63) is 77.4 Å². The lowest BCUT2D eigenvalue weighted by molar-refractivity contribution is -0.596. The predicted octanol–water partition coefficient (Wildman–Crippen LogP) is 10.5. The molecule has 3 heteroatoms. The molecule has 46 heavy (non-hydrogen) atoms. The summed E-state index contributed by atoms with van der Waals surface area (Å²) in [6.45, 7) is 18.9. The lowest BCUT2D eigenvalue weighted by Gasteiger charge is -2.24. The van der Waals surface area contributed by atoms with Crippen LogP contribution >= 0.6 is 0 Å². The van der Waals surface area contributed by atoms with Gasteiger partial charge in [0, 0.05) is 22.3 Å². The predicted molar refractivity (Wildman–Crippen MR) is 198 cm³/mol. The molecule has 0 spiro atoms. The SMILES string of the molecule is CCCC(CCC)c1cccc(C(CCC)CCC)c1-n1cc[n+](-c2c(C(CCC)CCC)cccc2C(CCC)CCC)c1.[Cl-]. The topological polar surface area (TPSA) is 8.81 Å². The van der Waals surface area contributed by atoms with Gasteiger partial charge in [-0.25, -0.2) is 9.13 Å². The highest BCUT2D eigenvalue weighted by Gasteiger charge is 2.29. The molecule has 0 saturated heterocycles. The number of benzene rings is 2. The van der Waals surface area contributed by atoms with Gasteiger partial charge in [0.15, 0.2) is 0 Å². The van der Waals surface area contributed by atoms with Crippen LogP contribution in [0.25, 0.3) is 11.4 Å². The van der Waals surface area contributed by atoms with E-state index in [4.69, 9.17) is 0 Å². The van der Waals surface area contributed by atoms with Gasteiger partial charge in [-0.2, -0.15) is 0 Å². The third-order valence-electron chi connectivity index (χ3n) is 10.2. The largest absolute Gasteiger partial charge is 1.00 e. The highest BCUT2D eigenvalue weighted by Crippen LogP contribution is 2.40. The zero-order chi connectivity index (χ0) is 32.6. The van der Waals surface area contributed by atoms with Gasteiger partial charge in [-0.05, 0) is 75.0 Å². The first-order chi connectivity index (χ1) is 22.0. The van der Waals surface area contributed by atoms with Crippen LogP contribution in [-0.2, 0) is 0 Å². The molecule has 1 aromatic heterocycles. The molecule has 0 bridgehead atoms. The fraction of sp³-hybridized carbons (Fsp3) is 0.651. The zero-order valence-corrected chi connectivity index (χ0v) is 31.8. The molecule has 3 aromatic rings. The minimum atomic E-state index is 0. The van der Waals surface area contributed by atoms with E-state index in [0.29, 0.717) is 23.7 Å². The first kappa shape index (κ1) is 40.1. The molecule has 2 nitrogen and oxygen atoms in total. The monoisotopic (exact) mass is 649 g/mol. The third kappa shape index (κ3) is 10.2. The van der Waals surface area contributed by atoms with Crippen molar-refractivity contribution in [1.82, 2.24) is 4.57 Å². The van der Waals surface area contributed by atoms with E-state index >= 15 is 0 Å². The molecule has 0 radical (unpaired) electrons. The molecule has 1 heterocycles. The number of halogens is 1. The molecule has 0 saturated carbocycles. The summed E-state index contributed by atoms with van der Waals surface area (Å²) in [5.74, 6) is 2.42. The van der Waals surface area contributed by atoms with Gasteiger partial charge in [0.05, 0.1) is 0 Å². The first-order valence-corrected chi connectivity index (χ1v) is 19.4. The maximum absolute atomic E-state index is 2.53. The molecule has 2 aromatic carbocycles. The van der Waals surface area contributed by atoms with Gasteiger partial charge in [0.2, 0.25) is 0 Å². The summed E-state index contributed by atoms with van der Waals surface area (Å²) in [6, 6.07) is 14.6. The Kier molecular flexibility index (Phi) is 19.0. The molecule has 0 unspecified atom stereocenters. The number of hydrogen-bond donors (Lipinski definition) is 0. The van der Waals surface area contributed by atoms with Gasteiger partial charge < -0.3 is 12.4 Å². The van der Waals surface area contributed by atoms with Crippen LogP contribution in [0.15, 0.2) is 55.1 Å². The Bertz CT molecular complexity index is 1060. The van der Waals surface area contributed by atoms with E-state index in [1.807, 2.05) is 0 Å². The van der Waals surface area contributed by atoms with E-state index in [2.05, 4.69) is 120 Å². The van der Waals surface area contributed by atoms with Gasteiger partial charge in [-0.3, -0.25) is 0 Å². The summed E-state index contributed by atoms with van der Waals surface area (Å²) in [6.07, 6.45) is 27.2. The highest BCUT2D eigenvalue weighted by molar-refractivity contribution is 5.52. The van der Waals surface area contributed by atoms with Crippen molar-refractivity contribution >= 4 is 0 Å². The van der Waals surface area contributed by atoms with Crippen LogP contribution in [-0.4, -0.2) is 4.57 Å². The molecule has 0 aliphatic heterocycles. The maximum atomic E-state index is 2.53. The van der Waals surface area contributed by atoms with Crippen LogP contribution in [0.3, 0.4) is 0 Å². The molecule has 0 N–H and O–H groups in total. The summed E-state index contributed by atoms with van der Waals surface area (Å²) in [5.41, 5.74) is 9.21. The normalized spacial score (nSPS) is 11.7. The van der Waals surface area contributed by atoms with Gasteiger partial charge in [-0.15, -0.1) is 0 Å². The van der Waals surface area contributed by atoms with Crippen LogP contribution in [0.1, 0.15) is 204 Å². The zero-order valence-electron chi connectivity index (χ0n) is 31.1. The smallest absolute Gasteiger partial charge is 0.254 e. The Balaban J connectivity index is 0.00000736. The second-order valence-electron chi connectivity index (χ2n) is 13.9. The second-order valence-corrected chi connectivity index (χ2v) is 13.9. The quantitative estimate of drug-likeness (QED) is 0.0959. The Hall–Kier alpha value is -2.06. The van der Waals surface area contributed by atoms with Crippen molar-refractivity contribution in [2.24, 2.45) is 0 Å². The molecule has 3 rings (SSSR count). The fourth-order valence-electron chi connectivity index (χ4n) is 8.30. The lowest BCUT2D eigenvalue weighted by Crippen LogP contribution is -3.00.